The molecule has 0 saturated carbocycles. The summed E-state index contributed by atoms with van der Waals surface area (Å²) in [6.45, 7) is 11.4. The first-order valence-corrected chi connectivity index (χ1v) is 11.3. The van der Waals surface area contributed by atoms with Gasteiger partial charge in [0.05, 0.1) is 0 Å². The number of piperazine rings is 1. The standard InChI is InChI=1S/C20H30BrN3O2S/c1-20(2,3)26-19(25)23-14-12-22(13-15-23)16-8-10-24(11-9-16)27-18-7-5-4-6-17(18)21/h4-7,16H,8-15H2,1-3H3. The Morgan fingerprint density at radius 2 is 1.70 bits per heavy atom. The molecule has 5 nitrogen and oxygen atoms in total. The van der Waals surface area contributed by atoms with Crippen LogP contribution in [0.3, 0.4) is 0 Å². The number of amides is 1. The number of rotatable bonds is 3. The summed E-state index contributed by atoms with van der Waals surface area (Å²) in [5.41, 5.74) is -0.424. The van der Waals surface area contributed by atoms with Gasteiger partial charge < -0.3 is 9.64 Å². The Balaban J connectivity index is 1.42. The van der Waals surface area contributed by atoms with Crippen LogP contribution in [-0.4, -0.2) is 71.1 Å². The van der Waals surface area contributed by atoms with Crippen LogP contribution in [0.5, 0.6) is 0 Å². The van der Waals surface area contributed by atoms with Crippen molar-refractivity contribution in [2.45, 2.75) is 50.2 Å². The minimum Gasteiger partial charge on any atom is -0.444 e. The predicted octanol–water partition coefficient (Wildman–Crippen LogP) is 4.47. The van der Waals surface area contributed by atoms with Crippen molar-refractivity contribution in [3.05, 3.63) is 28.7 Å². The molecule has 2 fully saturated rings. The molecule has 2 heterocycles. The quantitative estimate of drug-likeness (QED) is 0.628. The van der Waals surface area contributed by atoms with Crippen LogP contribution < -0.4 is 0 Å². The molecule has 7 heteroatoms. The molecule has 1 aromatic rings. The van der Waals surface area contributed by atoms with Crippen molar-refractivity contribution in [2.24, 2.45) is 0 Å². The monoisotopic (exact) mass is 455 g/mol. The molecule has 0 bridgehead atoms. The van der Waals surface area contributed by atoms with E-state index in [1.807, 2.05) is 37.6 Å². The molecule has 2 aliphatic heterocycles. The molecule has 150 valence electrons. The highest BCUT2D eigenvalue weighted by Gasteiger charge is 2.30. The lowest BCUT2D eigenvalue weighted by Crippen LogP contribution is -2.54. The van der Waals surface area contributed by atoms with Crippen LogP contribution in [0.4, 0.5) is 4.79 Å². The Kier molecular flexibility index (Phi) is 7.11. The molecule has 0 atom stereocenters. The molecule has 1 aromatic carbocycles. The Bertz CT molecular complexity index is 636. The molecular weight excluding hydrogens is 426 g/mol. The van der Waals surface area contributed by atoms with E-state index in [4.69, 9.17) is 4.74 Å². The van der Waals surface area contributed by atoms with Crippen molar-refractivity contribution >= 4 is 34.0 Å². The third-order valence-electron chi connectivity index (χ3n) is 4.97. The second kappa shape index (κ2) is 9.16. The Labute approximate surface area is 175 Å². The van der Waals surface area contributed by atoms with Crippen LogP contribution in [0.1, 0.15) is 33.6 Å². The van der Waals surface area contributed by atoms with Crippen LogP contribution >= 0.6 is 27.9 Å². The van der Waals surface area contributed by atoms with Gasteiger partial charge in [-0.05, 0) is 73.6 Å². The van der Waals surface area contributed by atoms with Crippen molar-refractivity contribution in [1.29, 1.82) is 0 Å². The van der Waals surface area contributed by atoms with E-state index in [1.54, 1.807) is 0 Å². The van der Waals surface area contributed by atoms with E-state index >= 15 is 0 Å². The molecule has 0 unspecified atom stereocenters. The van der Waals surface area contributed by atoms with Gasteiger partial charge in [0.25, 0.3) is 0 Å². The molecule has 0 radical (unpaired) electrons. The van der Waals surface area contributed by atoms with Crippen molar-refractivity contribution in [3.63, 3.8) is 0 Å². The molecule has 1 amide bonds. The maximum Gasteiger partial charge on any atom is 0.410 e. The number of hydrogen-bond donors (Lipinski definition) is 0. The molecule has 0 aromatic heterocycles. The van der Waals surface area contributed by atoms with Crippen LogP contribution in [0.25, 0.3) is 0 Å². The number of benzene rings is 1. The normalized spacial score (nSPS) is 20.7. The smallest absolute Gasteiger partial charge is 0.410 e. The maximum absolute atomic E-state index is 12.2. The van der Waals surface area contributed by atoms with Gasteiger partial charge in [-0.25, -0.2) is 9.10 Å². The van der Waals surface area contributed by atoms with E-state index in [9.17, 15) is 4.79 Å². The van der Waals surface area contributed by atoms with Crippen LogP contribution in [0.2, 0.25) is 0 Å². The lowest BCUT2D eigenvalue weighted by Gasteiger charge is -2.42. The average molecular weight is 456 g/mol. The van der Waals surface area contributed by atoms with Gasteiger partial charge >= 0.3 is 6.09 Å². The second-order valence-electron chi connectivity index (χ2n) is 8.19. The Morgan fingerprint density at radius 3 is 2.30 bits per heavy atom. The zero-order valence-electron chi connectivity index (χ0n) is 16.5. The number of hydrogen-bond acceptors (Lipinski definition) is 5. The number of nitrogens with zero attached hydrogens (tertiary/aromatic N) is 3. The Morgan fingerprint density at radius 1 is 1.07 bits per heavy atom. The Hall–Kier alpha value is -0.760. The summed E-state index contributed by atoms with van der Waals surface area (Å²) in [5.74, 6) is 0. The summed E-state index contributed by atoms with van der Waals surface area (Å²) in [6, 6.07) is 9.03. The molecule has 3 rings (SSSR count). The summed E-state index contributed by atoms with van der Waals surface area (Å²) in [5, 5.41) is 0. The minimum atomic E-state index is -0.424. The predicted molar refractivity (Wildman–Crippen MR) is 114 cm³/mol. The van der Waals surface area contributed by atoms with Gasteiger partial charge in [-0.2, -0.15) is 0 Å². The van der Waals surface area contributed by atoms with Gasteiger partial charge in [0, 0.05) is 54.7 Å². The van der Waals surface area contributed by atoms with E-state index in [0.717, 1.165) is 43.7 Å². The van der Waals surface area contributed by atoms with E-state index in [2.05, 4.69) is 49.4 Å². The highest BCUT2D eigenvalue weighted by molar-refractivity contribution is 9.10. The second-order valence-corrected chi connectivity index (χ2v) is 10.2. The third kappa shape index (κ3) is 6.11. The average Bonchev–Trinajstić information content (AvgIpc) is 2.63. The van der Waals surface area contributed by atoms with Crippen LogP contribution in [0, 0.1) is 0 Å². The van der Waals surface area contributed by atoms with E-state index < -0.39 is 5.60 Å². The number of ether oxygens (including phenoxy) is 1. The largest absolute Gasteiger partial charge is 0.444 e. The molecule has 2 aliphatic rings. The molecule has 0 spiro atoms. The highest BCUT2D eigenvalue weighted by Crippen LogP contribution is 2.32. The summed E-state index contributed by atoms with van der Waals surface area (Å²) in [6.07, 6.45) is 2.19. The van der Waals surface area contributed by atoms with Crippen molar-refractivity contribution in [3.8, 4) is 0 Å². The number of halogens is 1. The van der Waals surface area contributed by atoms with Gasteiger partial charge in [0.1, 0.15) is 5.60 Å². The molecule has 27 heavy (non-hydrogen) atoms. The fourth-order valence-corrected chi connectivity index (χ4v) is 5.02. The lowest BCUT2D eigenvalue weighted by atomic mass is 10.0. The van der Waals surface area contributed by atoms with E-state index in [-0.39, 0.29) is 6.09 Å². The summed E-state index contributed by atoms with van der Waals surface area (Å²) < 4.78 is 9.12. The number of carbonyl (C=O) groups excluding carboxylic acids is 1. The minimum absolute atomic E-state index is 0.179. The van der Waals surface area contributed by atoms with Gasteiger partial charge in [-0.15, -0.1) is 0 Å². The SMILES string of the molecule is CC(C)(C)OC(=O)N1CCN(C2CCN(Sc3ccccc3Br)CC2)CC1. The number of piperidine rings is 1. The summed E-state index contributed by atoms with van der Waals surface area (Å²) in [4.78, 5) is 17.9. The zero-order valence-corrected chi connectivity index (χ0v) is 18.9. The fraction of sp³-hybridized carbons (Fsp3) is 0.650. The molecule has 0 N–H and O–H groups in total. The van der Waals surface area contributed by atoms with Gasteiger partial charge in [-0.1, -0.05) is 12.1 Å². The van der Waals surface area contributed by atoms with Gasteiger partial charge in [0.2, 0.25) is 0 Å². The van der Waals surface area contributed by atoms with Crippen LogP contribution in [-0.2, 0) is 4.74 Å². The summed E-state index contributed by atoms with van der Waals surface area (Å²) >= 11 is 5.48. The third-order valence-corrected chi connectivity index (χ3v) is 7.10. The van der Waals surface area contributed by atoms with Gasteiger partial charge in [-0.3, -0.25) is 4.90 Å². The van der Waals surface area contributed by atoms with E-state index in [0.29, 0.717) is 6.04 Å². The van der Waals surface area contributed by atoms with Crippen molar-refractivity contribution < 1.29 is 9.53 Å². The molecular formula is C20H30BrN3O2S. The molecule has 2 saturated heterocycles. The molecule has 0 aliphatic carbocycles. The van der Waals surface area contributed by atoms with Crippen molar-refractivity contribution in [1.82, 2.24) is 14.1 Å². The number of carbonyl (C=O) groups is 1. The van der Waals surface area contributed by atoms with Crippen LogP contribution in [0.15, 0.2) is 33.6 Å². The highest BCUT2D eigenvalue weighted by atomic mass is 79.9. The first-order valence-electron chi connectivity index (χ1n) is 9.71. The van der Waals surface area contributed by atoms with E-state index in [1.165, 1.54) is 17.7 Å². The first-order chi connectivity index (χ1) is 12.8. The lowest BCUT2D eigenvalue weighted by molar-refractivity contribution is 0.00764. The first kappa shape index (κ1) is 21.0. The van der Waals surface area contributed by atoms with Gasteiger partial charge in [0.15, 0.2) is 0 Å². The summed E-state index contributed by atoms with van der Waals surface area (Å²) in [7, 11) is 0. The fourth-order valence-electron chi connectivity index (χ4n) is 3.55. The maximum atomic E-state index is 12.2. The zero-order chi connectivity index (χ0) is 19.4. The van der Waals surface area contributed by atoms with Crippen molar-refractivity contribution in [2.75, 3.05) is 39.3 Å². The topological polar surface area (TPSA) is 36.0 Å².